The molecule has 0 aromatic heterocycles. The Bertz CT molecular complexity index is 1420. The van der Waals surface area contributed by atoms with Crippen molar-refractivity contribution in [1.82, 2.24) is 31.1 Å². The Labute approximate surface area is 318 Å². The summed E-state index contributed by atoms with van der Waals surface area (Å²) in [5.74, 6) is -2.89. The average molecular weight is 743 g/mol. The second-order valence-electron chi connectivity index (χ2n) is 19.4. The number of carbonyl (C=O) groups is 6. The number of rotatable bonds is 13. The maximum absolute atomic E-state index is 15.0. The topological polar surface area (TPSA) is 157 Å². The molecule has 4 rings (SSSR count). The van der Waals surface area contributed by atoms with Crippen molar-refractivity contribution in [1.29, 1.82) is 0 Å². The van der Waals surface area contributed by atoms with Crippen molar-refractivity contribution < 1.29 is 28.8 Å². The third-order valence-corrected chi connectivity index (χ3v) is 13.4. The number of carbonyl (C=O) groups excluding carboxylic acids is 6. The third kappa shape index (κ3) is 8.04. The van der Waals surface area contributed by atoms with Crippen LogP contribution in [0.1, 0.15) is 141 Å². The Kier molecular flexibility index (Phi) is 12.6. The van der Waals surface area contributed by atoms with Crippen LogP contribution in [0.25, 0.3) is 0 Å². The van der Waals surface area contributed by atoms with Crippen molar-refractivity contribution in [3.63, 3.8) is 0 Å². The molecule has 4 fully saturated rings. The SMILES string of the molecule is CCCC(NC(=O)[C@@H]1C[C@@]2(CN1C(=O)[C@@H](NC(=O)C(NC(=O)[C@H]1CCCCN1CC)C(C)(C)C)C(C)(C)C)C(C)(C)C21CCC1)C(=O)C(=O)NC(C)C. The molecule has 2 aliphatic carbocycles. The summed E-state index contributed by atoms with van der Waals surface area (Å²) in [5.41, 5.74) is -1.77. The van der Waals surface area contributed by atoms with E-state index in [0.29, 0.717) is 19.4 Å². The highest BCUT2D eigenvalue weighted by atomic mass is 16.2. The molecule has 2 saturated carbocycles. The fourth-order valence-corrected chi connectivity index (χ4v) is 10.0. The molecule has 0 aromatic rings. The second-order valence-corrected chi connectivity index (χ2v) is 19.4. The first kappa shape index (κ1) is 42.7. The molecule has 2 unspecified atom stereocenters. The molecule has 2 aliphatic heterocycles. The van der Waals surface area contributed by atoms with E-state index in [0.717, 1.165) is 51.6 Å². The van der Waals surface area contributed by atoms with Crippen molar-refractivity contribution in [2.75, 3.05) is 19.6 Å². The summed E-state index contributed by atoms with van der Waals surface area (Å²) in [6.07, 6.45) is 7.19. The van der Waals surface area contributed by atoms with E-state index >= 15 is 0 Å². The number of ketones is 1. The number of hydrogen-bond donors (Lipinski definition) is 4. The van der Waals surface area contributed by atoms with Gasteiger partial charge >= 0.3 is 0 Å². The van der Waals surface area contributed by atoms with Gasteiger partial charge in [0.05, 0.1) is 12.1 Å². The number of likely N-dealkylation sites (tertiary alicyclic amines) is 2. The molecule has 4 aliphatic rings. The first-order valence-electron chi connectivity index (χ1n) is 20.3. The van der Waals surface area contributed by atoms with Crippen LogP contribution in [0.5, 0.6) is 0 Å². The van der Waals surface area contributed by atoms with E-state index in [2.05, 4.69) is 40.0 Å². The molecule has 12 heteroatoms. The van der Waals surface area contributed by atoms with Gasteiger partial charge in [-0.25, -0.2) is 0 Å². The van der Waals surface area contributed by atoms with Gasteiger partial charge in [0.25, 0.3) is 5.91 Å². The lowest BCUT2D eigenvalue weighted by Gasteiger charge is -2.39. The van der Waals surface area contributed by atoms with Gasteiger partial charge in [-0.15, -0.1) is 0 Å². The van der Waals surface area contributed by atoms with Gasteiger partial charge in [-0.2, -0.15) is 0 Å². The molecule has 300 valence electrons. The highest BCUT2D eigenvalue weighted by Gasteiger charge is 2.85. The zero-order valence-corrected chi connectivity index (χ0v) is 34.8. The normalized spacial score (nSPS) is 26.7. The van der Waals surface area contributed by atoms with Crippen molar-refractivity contribution in [3.05, 3.63) is 0 Å². The molecule has 2 heterocycles. The lowest BCUT2D eigenvalue weighted by Crippen LogP contribution is -2.63. The number of nitrogens with one attached hydrogen (secondary N) is 4. The summed E-state index contributed by atoms with van der Waals surface area (Å²) < 4.78 is 0. The molecule has 53 heavy (non-hydrogen) atoms. The smallest absolute Gasteiger partial charge is 0.289 e. The monoisotopic (exact) mass is 743 g/mol. The summed E-state index contributed by atoms with van der Waals surface area (Å²) in [5, 5.41) is 11.7. The number of nitrogens with zero attached hydrogens (tertiary/aromatic N) is 2. The average Bonchev–Trinajstić information content (AvgIpc) is 3.26. The van der Waals surface area contributed by atoms with Crippen LogP contribution in [0, 0.1) is 27.1 Å². The lowest BCUT2D eigenvalue weighted by atomic mass is 9.73. The summed E-state index contributed by atoms with van der Waals surface area (Å²) >= 11 is 0. The Morgan fingerprint density at radius 2 is 1.36 bits per heavy atom. The Balaban J connectivity index is 1.64. The molecule has 12 nitrogen and oxygen atoms in total. The zero-order chi connectivity index (χ0) is 39.9. The lowest BCUT2D eigenvalue weighted by molar-refractivity contribution is -0.146. The number of hydrogen-bond acceptors (Lipinski definition) is 7. The van der Waals surface area contributed by atoms with E-state index in [1.165, 1.54) is 0 Å². The molecule has 0 radical (unpaired) electrons. The quantitative estimate of drug-likeness (QED) is 0.207. The van der Waals surface area contributed by atoms with E-state index in [4.69, 9.17) is 0 Å². The second kappa shape index (κ2) is 15.6. The number of Topliss-reactive ketones (excluding diaryl/α,β-unsaturated/α-hetero) is 1. The van der Waals surface area contributed by atoms with Crippen molar-refractivity contribution in [3.8, 4) is 0 Å². The largest absolute Gasteiger partial charge is 0.347 e. The van der Waals surface area contributed by atoms with E-state index in [1.807, 2.05) is 55.4 Å². The molecular weight excluding hydrogens is 672 g/mol. The minimum Gasteiger partial charge on any atom is -0.347 e. The van der Waals surface area contributed by atoms with Crippen LogP contribution in [0.3, 0.4) is 0 Å². The van der Waals surface area contributed by atoms with E-state index < -0.39 is 58.5 Å². The highest BCUT2D eigenvalue weighted by Crippen LogP contribution is 2.88. The number of likely N-dealkylation sites (N-methyl/N-ethyl adjacent to an activating group) is 1. The molecule has 2 saturated heterocycles. The predicted octanol–water partition coefficient (Wildman–Crippen LogP) is 4.10. The summed E-state index contributed by atoms with van der Waals surface area (Å²) in [4.78, 5) is 87.2. The Hall–Kier alpha value is -3.02. The minimum atomic E-state index is -1.02. The molecule has 0 aromatic carbocycles. The summed E-state index contributed by atoms with van der Waals surface area (Å²) in [6, 6.07) is -4.37. The van der Waals surface area contributed by atoms with Gasteiger partial charge in [0.15, 0.2) is 0 Å². The molecule has 5 amide bonds. The summed E-state index contributed by atoms with van der Waals surface area (Å²) in [6.45, 7) is 25.3. The van der Waals surface area contributed by atoms with Gasteiger partial charge in [0.1, 0.15) is 18.1 Å². The maximum atomic E-state index is 15.0. The van der Waals surface area contributed by atoms with E-state index in [-0.39, 0.29) is 46.6 Å². The van der Waals surface area contributed by atoms with Crippen LogP contribution in [-0.2, 0) is 28.8 Å². The zero-order valence-electron chi connectivity index (χ0n) is 34.8. The molecule has 4 N–H and O–H groups in total. The summed E-state index contributed by atoms with van der Waals surface area (Å²) in [7, 11) is 0. The van der Waals surface area contributed by atoms with Gasteiger partial charge in [-0.1, -0.05) is 88.5 Å². The highest BCUT2D eigenvalue weighted by molar-refractivity contribution is 6.38. The Morgan fingerprint density at radius 3 is 1.85 bits per heavy atom. The standard InChI is InChI=1S/C41H70N6O6/c1-13-18-26(29(48)34(51)42-25(3)4)43-33(50)28-23-41(39(11,12)40(41)20-17-21-40)24-47(28)36(53)31(38(8,9)10)45-35(52)30(37(5,6)7)44-32(49)27-19-15-16-22-46(27)14-2/h25-28,30-31H,13-24H2,1-12H3,(H,42,51)(H,43,50)(H,44,49)(H,45,52)/t26?,27-,28+,30?,31-,41-/m1/s1. The van der Waals surface area contributed by atoms with Crippen molar-refractivity contribution in [2.24, 2.45) is 27.1 Å². The van der Waals surface area contributed by atoms with Crippen LogP contribution in [0.15, 0.2) is 0 Å². The molecule has 0 bridgehead atoms. The fraction of sp³-hybridized carbons (Fsp3) is 0.854. The van der Waals surface area contributed by atoms with Crippen LogP contribution in [0.2, 0.25) is 0 Å². The van der Waals surface area contributed by atoms with Crippen LogP contribution in [-0.4, -0.2) is 101 Å². The van der Waals surface area contributed by atoms with Crippen LogP contribution < -0.4 is 21.3 Å². The minimum absolute atomic E-state index is 0.0247. The number of fused-ring (bicyclic) bond motifs is 1. The van der Waals surface area contributed by atoms with E-state index in [9.17, 15) is 28.8 Å². The third-order valence-electron chi connectivity index (χ3n) is 13.4. The van der Waals surface area contributed by atoms with Gasteiger partial charge in [0.2, 0.25) is 29.4 Å². The molecular formula is C41H70N6O6. The maximum Gasteiger partial charge on any atom is 0.289 e. The van der Waals surface area contributed by atoms with Crippen molar-refractivity contribution >= 4 is 35.3 Å². The molecule has 2 spiro atoms. The number of piperidine rings is 1. The van der Waals surface area contributed by atoms with Gasteiger partial charge in [0, 0.05) is 18.0 Å². The van der Waals surface area contributed by atoms with Crippen LogP contribution >= 0.6 is 0 Å². The molecule has 6 atom stereocenters. The Morgan fingerprint density at radius 1 is 0.755 bits per heavy atom. The first-order chi connectivity index (χ1) is 24.5. The van der Waals surface area contributed by atoms with Gasteiger partial charge in [-0.05, 0) is 87.1 Å². The predicted molar refractivity (Wildman–Crippen MR) is 205 cm³/mol. The van der Waals surface area contributed by atoms with Crippen molar-refractivity contribution in [2.45, 2.75) is 177 Å². The number of amides is 5. The first-order valence-corrected chi connectivity index (χ1v) is 20.3. The van der Waals surface area contributed by atoms with Gasteiger partial charge < -0.3 is 26.2 Å². The van der Waals surface area contributed by atoms with Crippen LogP contribution in [0.4, 0.5) is 0 Å². The van der Waals surface area contributed by atoms with E-state index in [1.54, 1.807) is 18.7 Å². The fourth-order valence-electron chi connectivity index (χ4n) is 10.0. The van der Waals surface area contributed by atoms with Gasteiger partial charge in [-0.3, -0.25) is 33.7 Å².